The molecular weight excluding hydrogens is 416 g/mol. The van der Waals surface area contributed by atoms with Crippen molar-refractivity contribution in [2.24, 2.45) is 0 Å². The summed E-state index contributed by atoms with van der Waals surface area (Å²) in [6.45, 7) is 0.351. The molecule has 2 aromatic heterocycles. The molecule has 4 aromatic rings. The summed E-state index contributed by atoms with van der Waals surface area (Å²) >= 11 is 5.92. The lowest BCUT2D eigenvalue weighted by Gasteiger charge is -2.13. The number of halogens is 1. The summed E-state index contributed by atoms with van der Waals surface area (Å²) in [6, 6.07) is 16.1. The number of benzene rings is 2. The Balaban J connectivity index is 1.47. The van der Waals surface area contributed by atoms with E-state index in [0.717, 1.165) is 11.3 Å². The zero-order chi connectivity index (χ0) is 21.6. The first-order valence-electron chi connectivity index (χ1n) is 9.44. The maximum absolute atomic E-state index is 12.7. The third kappa shape index (κ3) is 5.02. The minimum atomic E-state index is -0.287. The highest BCUT2D eigenvalue weighted by atomic mass is 35.5. The molecule has 156 valence electrons. The highest BCUT2D eigenvalue weighted by Gasteiger charge is 2.12. The average molecular weight is 435 g/mol. The molecule has 1 amide bonds. The minimum Gasteiger partial charge on any atom is -0.493 e. The maximum Gasteiger partial charge on any atom is 0.258 e. The molecule has 2 heterocycles. The Labute approximate surface area is 184 Å². The van der Waals surface area contributed by atoms with Crippen molar-refractivity contribution in [1.29, 1.82) is 0 Å². The molecule has 1 N–H and O–H groups in total. The highest BCUT2D eigenvalue weighted by molar-refractivity contribution is 6.30. The topological polar surface area (TPSA) is 78.3 Å². The standard InChI is InChI=1S/C23H19ClN4O3/c1-30-21-7-4-19(12-22(21)31-15-16-8-10-25-11-9-16)27-23(29)17-13-26-28(14-17)20-5-2-18(24)3-6-20/h2-14H,15H2,1H3,(H,27,29). The lowest BCUT2D eigenvalue weighted by molar-refractivity contribution is 0.102. The van der Waals surface area contributed by atoms with E-state index in [0.29, 0.717) is 34.4 Å². The Morgan fingerprint density at radius 1 is 1.06 bits per heavy atom. The first-order chi connectivity index (χ1) is 15.1. The Kier molecular flexibility index (Phi) is 6.14. The Bertz CT molecular complexity index is 1180. The maximum atomic E-state index is 12.7. The number of aromatic nitrogens is 3. The van der Waals surface area contributed by atoms with Gasteiger partial charge in [0.15, 0.2) is 11.5 Å². The fraction of sp³-hybridized carbons (Fsp3) is 0.0870. The SMILES string of the molecule is COc1ccc(NC(=O)c2cnn(-c3ccc(Cl)cc3)c2)cc1OCc1ccncc1. The second-order valence-electron chi connectivity index (χ2n) is 6.61. The predicted octanol–water partition coefficient (Wildman–Crippen LogP) is 4.76. The number of nitrogens with zero attached hydrogens (tertiary/aromatic N) is 3. The Hall–Kier alpha value is -3.84. The number of carbonyl (C=O) groups excluding carboxylic acids is 1. The van der Waals surface area contributed by atoms with E-state index in [9.17, 15) is 4.79 Å². The van der Waals surface area contributed by atoms with E-state index < -0.39 is 0 Å². The fourth-order valence-electron chi connectivity index (χ4n) is 2.89. The molecule has 31 heavy (non-hydrogen) atoms. The number of ether oxygens (including phenoxy) is 2. The van der Waals surface area contributed by atoms with Crippen molar-refractivity contribution in [2.45, 2.75) is 6.61 Å². The summed E-state index contributed by atoms with van der Waals surface area (Å²) in [5.74, 6) is 0.807. The van der Waals surface area contributed by atoms with Gasteiger partial charge in [0.1, 0.15) is 6.61 Å². The van der Waals surface area contributed by atoms with Crippen LogP contribution in [0.15, 0.2) is 79.4 Å². The van der Waals surface area contributed by atoms with Crippen LogP contribution >= 0.6 is 11.6 Å². The van der Waals surface area contributed by atoms with Gasteiger partial charge in [0.2, 0.25) is 0 Å². The van der Waals surface area contributed by atoms with Crippen molar-refractivity contribution in [3.63, 3.8) is 0 Å². The van der Waals surface area contributed by atoms with E-state index in [1.165, 1.54) is 6.20 Å². The number of anilines is 1. The van der Waals surface area contributed by atoms with E-state index >= 15 is 0 Å². The van der Waals surface area contributed by atoms with Crippen molar-refractivity contribution in [2.75, 3.05) is 12.4 Å². The largest absolute Gasteiger partial charge is 0.493 e. The monoisotopic (exact) mass is 434 g/mol. The predicted molar refractivity (Wildman–Crippen MR) is 118 cm³/mol. The molecule has 0 bridgehead atoms. The Morgan fingerprint density at radius 3 is 2.58 bits per heavy atom. The first kappa shape index (κ1) is 20.4. The normalized spacial score (nSPS) is 10.5. The zero-order valence-corrected chi connectivity index (χ0v) is 17.4. The smallest absolute Gasteiger partial charge is 0.258 e. The van der Waals surface area contributed by atoms with Crippen molar-refractivity contribution in [3.05, 3.63) is 95.5 Å². The summed E-state index contributed by atoms with van der Waals surface area (Å²) in [4.78, 5) is 16.7. The van der Waals surface area contributed by atoms with Crippen LogP contribution in [0.3, 0.4) is 0 Å². The third-order valence-corrected chi connectivity index (χ3v) is 4.75. The van der Waals surface area contributed by atoms with Gasteiger partial charge in [-0.25, -0.2) is 4.68 Å². The number of hydrogen-bond donors (Lipinski definition) is 1. The fourth-order valence-corrected chi connectivity index (χ4v) is 3.01. The van der Waals surface area contributed by atoms with Gasteiger partial charge in [0, 0.05) is 35.4 Å². The molecule has 0 saturated heterocycles. The summed E-state index contributed by atoms with van der Waals surface area (Å²) in [7, 11) is 1.57. The average Bonchev–Trinajstić information content (AvgIpc) is 3.29. The number of carbonyl (C=O) groups is 1. The van der Waals surface area contributed by atoms with Crippen LogP contribution in [0.2, 0.25) is 5.02 Å². The van der Waals surface area contributed by atoms with Crippen LogP contribution in [0.25, 0.3) is 5.69 Å². The van der Waals surface area contributed by atoms with Gasteiger partial charge >= 0.3 is 0 Å². The summed E-state index contributed by atoms with van der Waals surface area (Å²) in [6.07, 6.45) is 6.57. The van der Waals surface area contributed by atoms with Crippen LogP contribution in [0.5, 0.6) is 11.5 Å². The minimum absolute atomic E-state index is 0.287. The molecule has 4 rings (SSSR count). The highest BCUT2D eigenvalue weighted by Crippen LogP contribution is 2.31. The van der Waals surface area contributed by atoms with E-state index in [2.05, 4.69) is 15.4 Å². The molecular formula is C23H19ClN4O3. The van der Waals surface area contributed by atoms with Gasteiger partial charge in [-0.2, -0.15) is 5.10 Å². The summed E-state index contributed by atoms with van der Waals surface area (Å²) in [5.41, 5.74) is 2.78. The molecule has 0 radical (unpaired) electrons. The molecule has 0 unspecified atom stereocenters. The molecule has 0 saturated carbocycles. The van der Waals surface area contributed by atoms with Gasteiger partial charge in [-0.15, -0.1) is 0 Å². The third-order valence-electron chi connectivity index (χ3n) is 4.50. The van der Waals surface area contributed by atoms with Crippen LogP contribution in [0.4, 0.5) is 5.69 Å². The molecule has 8 heteroatoms. The van der Waals surface area contributed by atoms with Crippen LogP contribution in [-0.2, 0) is 6.61 Å². The molecule has 2 aromatic carbocycles. The van der Waals surface area contributed by atoms with Crippen molar-refractivity contribution < 1.29 is 14.3 Å². The van der Waals surface area contributed by atoms with Crippen LogP contribution < -0.4 is 14.8 Å². The van der Waals surface area contributed by atoms with Crippen LogP contribution in [0.1, 0.15) is 15.9 Å². The molecule has 0 aliphatic heterocycles. The summed E-state index contributed by atoms with van der Waals surface area (Å²) < 4.78 is 12.9. The van der Waals surface area contributed by atoms with E-state index in [1.54, 1.807) is 60.7 Å². The number of methoxy groups -OCH3 is 1. The zero-order valence-electron chi connectivity index (χ0n) is 16.7. The van der Waals surface area contributed by atoms with Crippen LogP contribution in [-0.4, -0.2) is 27.8 Å². The van der Waals surface area contributed by atoms with Crippen molar-refractivity contribution in [1.82, 2.24) is 14.8 Å². The van der Waals surface area contributed by atoms with E-state index in [1.807, 2.05) is 24.3 Å². The Morgan fingerprint density at radius 2 is 1.84 bits per heavy atom. The van der Waals surface area contributed by atoms with Gasteiger partial charge in [-0.3, -0.25) is 9.78 Å². The van der Waals surface area contributed by atoms with Crippen LogP contribution in [0, 0.1) is 0 Å². The molecule has 0 fully saturated rings. The number of hydrogen-bond acceptors (Lipinski definition) is 5. The van der Waals surface area contributed by atoms with Gasteiger partial charge in [-0.1, -0.05) is 11.6 Å². The molecule has 0 spiro atoms. The lowest BCUT2D eigenvalue weighted by Crippen LogP contribution is -2.11. The van der Waals surface area contributed by atoms with Gasteiger partial charge in [-0.05, 0) is 54.1 Å². The van der Waals surface area contributed by atoms with E-state index in [4.69, 9.17) is 21.1 Å². The first-order valence-corrected chi connectivity index (χ1v) is 9.82. The summed E-state index contributed by atoms with van der Waals surface area (Å²) in [5, 5.41) is 7.75. The lowest BCUT2D eigenvalue weighted by atomic mass is 10.2. The van der Waals surface area contributed by atoms with E-state index in [-0.39, 0.29) is 5.91 Å². The number of amides is 1. The van der Waals surface area contributed by atoms with Gasteiger partial charge in [0.25, 0.3) is 5.91 Å². The molecule has 0 aliphatic carbocycles. The van der Waals surface area contributed by atoms with Gasteiger partial charge < -0.3 is 14.8 Å². The number of nitrogens with one attached hydrogen (secondary N) is 1. The molecule has 0 atom stereocenters. The number of rotatable bonds is 7. The van der Waals surface area contributed by atoms with Crippen molar-refractivity contribution >= 4 is 23.2 Å². The molecule has 7 nitrogen and oxygen atoms in total. The quantitative estimate of drug-likeness (QED) is 0.453. The second-order valence-corrected chi connectivity index (χ2v) is 7.05. The van der Waals surface area contributed by atoms with Crippen molar-refractivity contribution in [3.8, 4) is 17.2 Å². The number of pyridine rings is 1. The van der Waals surface area contributed by atoms with Gasteiger partial charge in [0.05, 0.1) is 24.6 Å². The molecule has 0 aliphatic rings. The second kappa shape index (κ2) is 9.32.